The van der Waals surface area contributed by atoms with Crippen LogP contribution in [-0.4, -0.2) is 50.9 Å². The number of carbonyl (C=O) groups excluding carboxylic acids is 1. The normalized spacial score (nSPS) is 16.5. The number of hydrogen-bond acceptors (Lipinski definition) is 5. The van der Waals surface area contributed by atoms with E-state index in [4.69, 9.17) is 9.90 Å². The Bertz CT molecular complexity index is 821. The van der Waals surface area contributed by atoms with Gasteiger partial charge >= 0.3 is 12.1 Å². The van der Waals surface area contributed by atoms with Gasteiger partial charge in [-0.1, -0.05) is 13.8 Å². The third-order valence-electron chi connectivity index (χ3n) is 4.48. The van der Waals surface area contributed by atoms with E-state index in [2.05, 4.69) is 42.9 Å². The number of nitrogens with one attached hydrogen (secondary N) is 1. The topological polar surface area (TPSA) is 87.5 Å². The van der Waals surface area contributed by atoms with Crippen molar-refractivity contribution in [2.24, 2.45) is 5.92 Å². The standard InChI is InChI=1S/C17H24N4OS.C2HF3O2/c1-13(2)17(22)18-6-3-15-10-20(9-14-5-8-23-12-14)11-16-4-7-19-21(15)16;3-2(4,5)1(6)7/h4-5,7-8,12-13,15H,3,6,9-11H2,1-2H3,(H,18,22);(H,6,7). The number of aromatic nitrogens is 2. The Balaban J connectivity index is 0.000000396. The number of thiophene rings is 1. The van der Waals surface area contributed by atoms with Gasteiger partial charge in [0.15, 0.2) is 0 Å². The SMILES string of the molecule is CC(C)C(=O)NCCC1CN(Cc2ccsc2)Cc2ccnn21.O=C(O)C(F)(F)F. The fraction of sp³-hybridized carbons (Fsp3) is 0.526. The van der Waals surface area contributed by atoms with E-state index in [0.29, 0.717) is 12.6 Å². The molecule has 1 amide bonds. The molecule has 0 radical (unpaired) electrons. The number of rotatable bonds is 6. The number of hydrogen-bond donors (Lipinski definition) is 2. The van der Waals surface area contributed by atoms with Crippen LogP contribution in [0.1, 0.15) is 37.6 Å². The monoisotopic (exact) mass is 446 g/mol. The Morgan fingerprint density at radius 1 is 1.37 bits per heavy atom. The minimum absolute atomic E-state index is 0.0386. The molecule has 1 aliphatic rings. The molecule has 0 saturated carbocycles. The molecule has 2 aromatic rings. The zero-order valence-electron chi connectivity index (χ0n) is 16.7. The first-order valence-electron chi connectivity index (χ1n) is 9.41. The van der Waals surface area contributed by atoms with Crippen molar-refractivity contribution in [3.05, 3.63) is 40.3 Å². The molecule has 166 valence electrons. The summed E-state index contributed by atoms with van der Waals surface area (Å²) in [6.45, 7) is 7.43. The highest BCUT2D eigenvalue weighted by atomic mass is 32.1. The van der Waals surface area contributed by atoms with Crippen molar-refractivity contribution >= 4 is 23.2 Å². The molecule has 1 atom stereocenters. The van der Waals surface area contributed by atoms with Crippen molar-refractivity contribution in [3.63, 3.8) is 0 Å². The molecule has 0 spiro atoms. The van der Waals surface area contributed by atoms with Crippen molar-refractivity contribution in [1.82, 2.24) is 20.0 Å². The van der Waals surface area contributed by atoms with Crippen LogP contribution in [0.15, 0.2) is 29.1 Å². The van der Waals surface area contributed by atoms with Crippen LogP contribution in [0.25, 0.3) is 0 Å². The second-order valence-electron chi connectivity index (χ2n) is 7.26. The van der Waals surface area contributed by atoms with Gasteiger partial charge < -0.3 is 10.4 Å². The number of halogens is 3. The number of fused-ring (bicyclic) bond motifs is 1. The van der Waals surface area contributed by atoms with Crippen LogP contribution in [0.2, 0.25) is 0 Å². The minimum Gasteiger partial charge on any atom is -0.475 e. The van der Waals surface area contributed by atoms with E-state index in [1.807, 2.05) is 20.0 Å². The van der Waals surface area contributed by atoms with Crippen LogP contribution in [-0.2, 0) is 22.7 Å². The molecule has 0 bridgehead atoms. The molecular weight excluding hydrogens is 421 g/mol. The molecule has 2 N–H and O–H groups in total. The average molecular weight is 446 g/mol. The number of carboxylic acids is 1. The van der Waals surface area contributed by atoms with Gasteiger partial charge in [0.25, 0.3) is 0 Å². The summed E-state index contributed by atoms with van der Waals surface area (Å²) in [6.07, 6.45) is -2.30. The fourth-order valence-electron chi connectivity index (χ4n) is 3.01. The summed E-state index contributed by atoms with van der Waals surface area (Å²) in [5.74, 6) is -2.60. The first kappa shape index (κ1) is 23.9. The zero-order valence-corrected chi connectivity index (χ0v) is 17.5. The van der Waals surface area contributed by atoms with Crippen molar-refractivity contribution < 1.29 is 27.9 Å². The van der Waals surface area contributed by atoms with Crippen LogP contribution in [0.4, 0.5) is 13.2 Å². The van der Waals surface area contributed by atoms with Gasteiger partial charge in [-0.05, 0) is 34.9 Å². The summed E-state index contributed by atoms with van der Waals surface area (Å²) in [7, 11) is 0. The van der Waals surface area contributed by atoms with Crippen molar-refractivity contribution in [1.29, 1.82) is 0 Å². The first-order valence-corrected chi connectivity index (χ1v) is 10.4. The summed E-state index contributed by atoms with van der Waals surface area (Å²) in [5, 5.41) is 19.0. The Labute approximate surface area is 176 Å². The maximum Gasteiger partial charge on any atom is 0.490 e. The van der Waals surface area contributed by atoms with E-state index in [1.165, 1.54) is 11.3 Å². The molecule has 3 heterocycles. The Morgan fingerprint density at radius 2 is 2.07 bits per heavy atom. The minimum atomic E-state index is -5.08. The van der Waals surface area contributed by atoms with E-state index in [0.717, 1.165) is 26.1 Å². The lowest BCUT2D eigenvalue weighted by Gasteiger charge is -2.34. The number of carboxylic acid groups (broad SMARTS) is 1. The maximum atomic E-state index is 11.7. The molecule has 2 aromatic heterocycles. The number of carbonyl (C=O) groups is 2. The summed E-state index contributed by atoms with van der Waals surface area (Å²) in [5.41, 5.74) is 2.63. The number of amides is 1. The Morgan fingerprint density at radius 3 is 2.63 bits per heavy atom. The van der Waals surface area contributed by atoms with Crippen LogP contribution in [0.3, 0.4) is 0 Å². The smallest absolute Gasteiger partial charge is 0.475 e. The molecule has 11 heteroatoms. The van der Waals surface area contributed by atoms with Gasteiger partial charge in [-0.2, -0.15) is 29.6 Å². The van der Waals surface area contributed by atoms with Crippen molar-refractivity contribution in [3.8, 4) is 0 Å². The first-order chi connectivity index (χ1) is 14.1. The second-order valence-corrected chi connectivity index (χ2v) is 8.04. The highest BCUT2D eigenvalue weighted by Gasteiger charge is 2.38. The van der Waals surface area contributed by atoms with Crippen molar-refractivity contribution in [2.45, 2.75) is 45.6 Å². The molecular formula is C19H25F3N4O3S. The van der Waals surface area contributed by atoms with Gasteiger partial charge in [0, 0.05) is 38.3 Å². The van der Waals surface area contributed by atoms with Gasteiger partial charge in [-0.15, -0.1) is 0 Å². The fourth-order valence-corrected chi connectivity index (χ4v) is 3.67. The van der Waals surface area contributed by atoms with Crippen LogP contribution in [0.5, 0.6) is 0 Å². The lowest BCUT2D eigenvalue weighted by Crippen LogP contribution is -2.39. The molecule has 0 saturated heterocycles. The van der Waals surface area contributed by atoms with Gasteiger partial charge in [-0.3, -0.25) is 14.4 Å². The largest absolute Gasteiger partial charge is 0.490 e. The van der Waals surface area contributed by atoms with E-state index in [-0.39, 0.29) is 11.8 Å². The molecule has 0 aromatic carbocycles. The lowest BCUT2D eigenvalue weighted by molar-refractivity contribution is -0.192. The van der Waals surface area contributed by atoms with Gasteiger partial charge in [-0.25, -0.2) is 4.79 Å². The molecule has 1 aliphatic heterocycles. The van der Waals surface area contributed by atoms with Gasteiger partial charge in [0.2, 0.25) is 5.91 Å². The van der Waals surface area contributed by atoms with Crippen LogP contribution < -0.4 is 5.32 Å². The predicted molar refractivity (Wildman–Crippen MR) is 106 cm³/mol. The maximum absolute atomic E-state index is 11.7. The highest BCUT2D eigenvalue weighted by molar-refractivity contribution is 7.07. The highest BCUT2D eigenvalue weighted by Crippen LogP contribution is 2.24. The third kappa shape index (κ3) is 7.13. The van der Waals surface area contributed by atoms with E-state index in [9.17, 15) is 18.0 Å². The Hall–Kier alpha value is -2.40. The molecule has 30 heavy (non-hydrogen) atoms. The molecule has 0 aliphatic carbocycles. The predicted octanol–water partition coefficient (Wildman–Crippen LogP) is 3.30. The summed E-state index contributed by atoms with van der Waals surface area (Å²) in [4.78, 5) is 23.1. The number of nitrogens with zero attached hydrogens (tertiary/aromatic N) is 3. The van der Waals surface area contributed by atoms with E-state index in [1.54, 1.807) is 11.3 Å². The van der Waals surface area contributed by atoms with Crippen molar-refractivity contribution in [2.75, 3.05) is 13.1 Å². The quantitative estimate of drug-likeness (QED) is 0.711. The third-order valence-corrected chi connectivity index (χ3v) is 5.21. The number of aliphatic carboxylic acids is 1. The van der Waals surface area contributed by atoms with Crippen LogP contribution in [0, 0.1) is 5.92 Å². The van der Waals surface area contributed by atoms with Crippen LogP contribution >= 0.6 is 11.3 Å². The van der Waals surface area contributed by atoms with Gasteiger partial charge in [0.1, 0.15) is 0 Å². The summed E-state index contributed by atoms with van der Waals surface area (Å²) < 4.78 is 33.9. The molecule has 1 unspecified atom stereocenters. The lowest BCUT2D eigenvalue weighted by atomic mass is 10.1. The van der Waals surface area contributed by atoms with E-state index < -0.39 is 12.1 Å². The second kappa shape index (κ2) is 10.6. The molecule has 7 nitrogen and oxygen atoms in total. The molecule has 3 rings (SSSR count). The summed E-state index contributed by atoms with van der Waals surface area (Å²) in [6, 6.07) is 4.60. The Kier molecular flexibility index (Phi) is 8.42. The van der Waals surface area contributed by atoms with Gasteiger partial charge in [0.05, 0.1) is 11.7 Å². The number of alkyl halides is 3. The molecule has 0 fully saturated rings. The average Bonchev–Trinajstić information content (AvgIpc) is 3.33. The van der Waals surface area contributed by atoms with E-state index >= 15 is 0 Å². The zero-order chi connectivity index (χ0) is 22.3. The summed E-state index contributed by atoms with van der Waals surface area (Å²) >= 11 is 1.74.